The quantitative estimate of drug-likeness (QED) is 0.828. The number of ether oxygens (including phenoxy) is 1. The zero-order chi connectivity index (χ0) is 19.3. The van der Waals surface area contributed by atoms with Crippen LogP contribution in [0.2, 0.25) is 0 Å². The van der Waals surface area contributed by atoms with Gasteiger partial charge in [-0.2, -0.15) is 0 Å². The number of nitrogens with zero attached hydrogens (tertiary/aromatic N) is 3. The van der Waals surface area contributed by atoms with Crippen LogP contribution in [-0.2, 0) is 4.74 Å². The van der Waals surface area contributed by atoms with E-state index in [1.54, 1.807) is 6.07 Å². The Morgan fingerprint density at radius 2 is 1.89 bits per heavy atom. The van der Waals surface area contributed by atoms with Crippen LogP contribution >= 0.6 is 0 Å². The fraction of sp³-hybridized carbons (Fsp3) is 0.476. The van der Waals surface area contributed by atoms with Crippen LogP contribution in [0.15, 0.2) is 30.3 Å². The molecule has 2 heterocycles. The predicted octanol–water partition coefficient (Wildman–Crippen LogP) is 3.23. The van der Waals surface area contributed by atoms with Crippen LogP contribution < -0.4 is 15.5 Å². The van der Waals surface area contributed by atoms with Crippen molar-refractivity contribution in [3.8, 4) is 0 Å². The number of benzene rings is 1. The van der Waals surface area contributed by atoms with Crippen molar-refractivity contribution in [3.05, 3.63) is 41.9 Å². The molecule has 1 aliphatic heterocycles. The number of anilines is 3. The summed E-state index contributed by atoms with van der Waals surface area (Å²) in [6, 6.07) is 10.1. The number of carbonyl (C=O) groups excluding carboxylic acids is 1. The average molecular weight is 381 g/mol. The van der Waals surface area contributed by atoms with E-state index in [4.69, 9.17) is 4.74 Å². The first-order valence-electron chi connectivity index (χ1n) is 10.0. The van der Waals surface area contributed by atoms with Crippen molar-refractivity contribution in [1.82, 2.24) is 9.97 Å². The molecular weight excluding hydrogens is 354 g/mol. The molecule has 28 heavy (non-hydrogen) atoms. The van der Waals surface area contributed by atoms with Crippen molar-refractivity contribution < 1.29 is 9.53 Å². The lowest BCUT2D eigenvalue weighted by Gasteiger charge is -2.30. The maximum atomic E-state index is 12.9. The molecule has 1 saturated heterocycles. The summed E-state index contributed by atoms with van der Waals surface area (Å²) >= 11 is 0. The number of rotatable bonds is 5. The topological polar surface area (TPSA) is 79.4 Å². The molecule has 1 amide bonds. The Balaban J connectivity index is 1.51. The van der Waals surface area contributed by atoms with E-state index in [1.807, 2.05) is 31.2 Å². The number of aryl methyl sites for hydroxylation is 1. The molecule has 7 nitrogen and oxygen atoms in total. The third-order valence-corrected chi connectivity index (χ3v) is 5.28. The number of morpholine rings is 1. The molecule has 0 radical (unpaired) electrons. The van der Waals surface area contributed by atoms with Crippen LogP contribution in [0.25, 0.3) is 0 Å². The van der Waals surface area contributed by atoms with Gasteiger partial charge in [-0.15, -0.1) is 0 Å². The zero-order valence-corrected chi connectivity index (χ0v) is 16.3. The molecule has 0 bridgehead atoms. The largest absolute Gasteiger partial charge is 0.378 e. The number of amides is 1. The van der Waals surface area contributed by atoms with Gasteiger partial charge in [-0.3, -0.25) is 4.79 Å². The first-order chi connectivity index (χ1) is 13.7. The smallest absolute Gasteiger partial charge is 0.274 e. The Kier molecular flexibility index (Phi) is 5.71. The summed E-state index contributed by atoms with van der Waals surface area (Å²) in [6.45, 7) is 4.84. The highest BCUT2D eigenvalue weighted by Gasteiger charge is 2.19. The summed E-state index contributed by atoms with van der Waals surface area (Å²) in [4.78, 5) is 24.0. The number of nitrogens with one attached hydrogen (secondary N) is 2. The minimum absolute atomic E-state index is 0.222. The summed E-state index contributed by atoms with van der Waals surface area (Å²) in [5.41, 5.74) is 2.18. The lowest BCUT2D eigenvalue weighted by atomic mass is 10.2. The Morgan fingerprint density at radius 3 is 2.68 bits per heavy atom. The SMILES string of the molecule is Cc1nc(NC2CCCC2)cc(C(=O)Nc2ccccc2N2CCOCC2)n1. The van der Waals surface area contributed by atoms with E-state index >= 15 is 0 Å². The van der Waals surface area contributed by atoms with Crippen LogP contribution in [0.3, 0.4) is 0 Å². The van der Waals surface area contributed by atoms with Crippen LogP contribution in [-0.4, -0.2) is 48.2 Å². The third-order valence-electron chi connectivity index (χ3n) is 5.28. The van der Waals surface area contributed by atoms with Gasteiger partial charge in [0.1, 0.15) is 17.3 Å². The van der Waals surface area contributed by atoms with Gasteiger partial charge in [0, 0.05) is 25.2 Å². The standard InChI is InChI=1S/C21H27N5O2/c1-15-22-18(14-20(23-15)24-16-6-2-3-7-16)21(27)25-17-8-4-5-9-19(17)26-10-12-28-13-11-26/h4-5,8-9,14,16H,2-3,6-7,10-13H2,1H3,(H,25,27)(H,22,23,24). The third kappa shape index (κ3) is 4.42. The van der Waals surface area contributed by atoms with Crippen molar-refractivity contribution >= 4 is 23.1 Å². The monoisotopic (exact) mass is 381 g/mol. The Hall–Kier alpha value is -2.67. The van der Waals surface area contributed by atoms with Crippen LogP contribution in [0.4, 0.5) is 17.2 Å². The number of hydrogen-bond acceptors (Lipinski definition) is 6. The molecule has 1 saturated carbocycles. The molecular formula is C21H27N5O2. The van der Waals surface area contributed by atoms with Gasteiger partial charge >= 0.3 is 0 Å². The maximum Gasteiger partial charge on any atom is 0.274 e. The summed E-state index contributed by atoms with van der Waals surface area (Å²) < 4.78 is 5.44. The fourth-order valence-electron chi connectivity index (χ4n) is 3.88. The minimum atomic E-state index is -0.222. The van der Waals surface area contributed by atoms with Crippen molar-refractivity contribution in [1.29, 1.82) is 0 Å². The molecule has 0 atom stereocenters. The maximum absolute atomic E-state index is 12.9. The van der Waals surface area contributed by atoms with Crippen LogP contribution in [0, 0.1) is 6.92 Å². The van der Waals surface area contributed by atoms with E-state index in [0.717, 1.165) is 43.1 Å². The lowest BCUT2D eigenvalue weighted by molar-refractivity contribution is 0.102. The van der Waals surface area contributed by atoms with Gasteiger partial charge in [-0.05, 0) is 31.9 Å². The number of hydrogen-bond donors (Lipinski definition) is 2. The Labute approximate surface area is 165 Å². The molecule has 1 aliphatic carbocycles. The van der Waals surface area contributed by atoms with E-state index < -0.39 is 0 Å². The van der Waals surface area contributed by atoms with Gasteiger partial charge < -0.3 is 20.3 Å². The van der Waals surface area contributed by atoms with Crippen molar-refractivity contribution in [2.24, 2.45) is 0 Å². The molecule has 7 heteroatoms. The van der Waals surface area contributed by atoms with E-state index in [0.29, 0.717) is 30.8 Å². The van der Waals surface area contributed by atoms with Crippen molar-refractivity contribution in [3.63, 3.8) is 0 Å². The molecule has 0 spiro atoms. The highest BCUT2D eigenvalue weighted by molar-refractivity contribution is 6.05. The van der Waals surface area contributed by atoms with E-state index in [-0.39, 0.29) is 5.91 Å². The molecule has 0 unspecified atom stereocenters. The normalized spacial score (nSPS) is 17.5. The van der Waals surface area contributed by atoms with Gasteiger partial charge in [0.05, 0.1) is 24.6 Å². The first kappa shape index (κ1) is 18.7. The van der Waals surface area contributed by atoms with E-state index in [2.05, 4.69) is 25.5 Å². The Bertz CT molecular complexity index is 829. The van der Waals surface area contributed by atoms with Crippen molar-refractivity contribution in [2.75, 3.05) is 41.8 Å². The van der Waals surface area contributed by atoms with E-state index in [9.17, 15) is 4.79 Å². The van der Waals surface area contributed by atoms with Gasteiger partial charge in [-0.25, -0.2) is 9.97 Å². The predicted molar refractivity (Wildman–Crippen MR) is 110 cm³/mol. The Morgan fingerprint density at radius 1 is 1.14 bits per heavy atom. The lowest BCUT2D eigenvalue weighted by Crippen LogP contribution is -2.36. The number of aromatic nitrogens is 2. The molecule has 2 aliphatic rings. The van der Waals surface area contributed by atoms with Gasteiger partial charge in [0.2, 0.25) is 0 Å². The molecule has 2 aromatic rings. The molecule has 1 aromatic heterocycles. The zero-order valence-electron chi connectivity index (χ0n) is 16.3. The van der Waals surface area contributed by atoms with Crippen LogP contribution in [0.5, 0.6) is 0 Å². The number of para-hydroxylation sites is 2. The average Bonchev–Trinajstić information content (AvgIpc) is 3.21. The molecule has 2 fully saturated rings. The van der Waals surface area contributed by atoms with Gasteiger partial charge in [0.15, 0.2) is 0 Å². The first-order valence-corrected chi connectivity index (χ1v) is 10.0. The summed E-state index contributed by atoms with van der Waals surface area (Å²) in [5.74, 6) is 1.10. The molecule has 2 N–H and O–H groups in total. The van der Waals surface area contributed by atoms with Gasteiger partial charge in [0.25, 0.3) is 5.91 Å². The van der Waals surface area contributed by atoms with Crippen molar-refractivity contribution in [2.45, 2.75) is 38.6 Å². The van der Waals surface area contributed by atoms with Crippen LogP contribution in [0.1, 0.15) is 42.0 Å². The van der Waals surface area contributed by atoms with Gasteiger partial charge in [-0.1, -0.05) is 25.0 Å². The molecule has 1 aromatic carbocycles. The highest BCUT2D eigenvalue weighted by Crippen LogP contribution is 2.27. The summed E-state index contributed by atoms with van der Waals surface area (Å²) in [6.07, 6.45) is 4.79. The number of carbonyl (C=O) groups is 1. The fourth-order valence-corrected chi connectivity index (χ4v) is 3.88. The minimum Gasteiger partial charge on any atom is -0.378 e. The molecule has 148 valence electrons. The highest BCUT2D eigenvalue weighted by atomic mass is 16.5. The second-order valence-electron chi connectivity index (χ2n) is 7.38. The second-order valence-corrected chi connectivity index (χ2v) is 7.38. The summed E-state index contributed by atoms with van der Waals surface area (Å²) in [5, 5.41) is 6.48. The molecule has 4 rings (SSSR count). The summed E-state index contributed by atoms with van der Waals surface area (Å²) in [7, 11) is 0. The second kappa shape index (κ2) is 8.56. The van der Waals surface area contributed by atoms with E-state index in [1.165, 1.54) is 12.8 Å².